The average molecular weight is 292 g/mol. The van der Waals surface area contributed by atoms with Gasteiger partial charge in [0.25, 0.3) is 0 Å². The summed E-state index contributed by atoms with van der Waals surface area (Å²) in [6.45, 7) is 1.33. The maximum absolute atomic E-state index is 5.94. The Morgan fingerprint density at radius 2 is 1.81 bits per heavy atom. The first-order valence-electron chi connectivity index (χ1n) is 7.88. The number of rotatable bonds is 3. The van der Waals surface area contributed by atoms with Crippen molar-refractivity contribution in [2.45, 2.75) is 56.5 Å². The molecule has 21 heavy (non-hydrogen) atoms. The van der Waals surface area contributed by atoms with Crippen LogP contribution in [0.15, 0.2) is 0 Å². The summed E-state index contributed by atoms with van der Waals surface area (Å²) in [6.07, 6.45) is 7.61. The molecule has 1 aromatic heterocycles. The van der Waals surface area contributed by atoms with Gasteiger partial charge in [-0.3, -0.25) is 0 Å². The molecule has 1 aliphatic carbocycles. The number of anilines is 1. The molecule has 1 aliphatic heterocycles. The summed E-state index contributed by atoms with van der Waals surface area (Å²) >= 11 is 0. The van der Waals surface area contributed by atoms with Crippen LogP contribution in [0.25, 0.3) is 0 Å². The van der Waals surface area contributed by atoms with Crippen molar-refractivity contribution in [3.8, 4) is 0 Å². The van der Waals surface area contributed by atoms with Gasteiger partial charge in [-0.25, -0.2) is 4.98 Å². The normalized spacial score (nSPS) is 23.1. The van der Waals surface area contributed by atoms with E-state index in [2.05, 4.69) is 9.97 Å². The Bertz CT molecular complexity index is 483. The molecule has 2 N–H and O–H groups in total. The maximum Gasteiger partial charge on any atom is 0.223 e. The van der Waals surface area contributed by atoms with Crippen molar-refractivity contribution in [1.29, 1.82) is 0 Å². The summed E-state index contributed by atoms with van der Waals surface area (Å²) in [6, 6.07) is 0. The summed E-state index contributed by atoms with van der Waals surface area (Å²) in [5.41, 5.74) is 5.46. The van der Waals surface area contributed by atoms with E-state index in [0.29, 0.717) is 30.9 Å². The topological polar surface area (TPSA) is 83.2 Å². The van der Waals surface area contributed by atoms with Gasteiger partial charge in [-0.1, -0.05) is 19.3 Å². The third kappa shape index (κ3) is 3.01. The molecule has 1 saturated heterocycles. The number of nitrogen functional groups attached to an aromatic ring is 1. The van der Waals surface area contributed by atoms with Gasteiger partial charge in [-0.15, -0.1) is 0 Å². The Kier molecular flexibility index (Phi) is 4.35. The fraction of sp³-hybridized carbons (Fsp3) is 0.800. The monoisotopic (exact) mass is 292 g/mol. The van der Waals surface area contributed by atoms with E-state index in [0.717, 1.165) is 31.5 Å². The van der Waals surface area contributed by atoms with E-state index in [-0.39, 0.29) is 0 Å². The molecule has 0 atom stereocenters. The van der Waals surface area contributed by atoms with Crippen LogP contribution in [0.5, 0.6) is 0 Å². The molecule has 0 bridgehead atoms. The van der Waals surface area contributed by atoms with Crippen molar-refractivity contribution < 1.29 is 9.47 Å². The van der Waals surface area contributed by atoms with Gasteiger partial charge in [0, 0.05) is 39.1 Å². The number of ether oxygens (including phenoxy) is 2. The molecule has 116 valence electrons. The van der Waals surface area contributed by atoms with E-state index < -0.39 is 5.60 Å². The van der Waals surface area contributed by atoms with Crippen LogP contribution >= 0.6 is 0 Å². The molecule has 3 rings (SSSR count). The lowest BCUT2D eigenvalue weighted by Crippen LogP contribution is -2.38. The highest BCUT2D eigenvalue weighted by atomic mass is 16.5. The second kappa shape index (κ2) is 6.23. The van der Waals surface area contributed by atoms with E-state index in [1.165, 1.54) is 19.3 Å². The van der Waals surface area contributed by atoms with Gasteiger partial charge in [0.2, 0.25) is 5.95 Å². The highest BCUT2D eigenvalue weighted by Crippen LogP contribution is 2.36. The number of hydrogen-bond acceptors (Lipinski definition) is 6. The lowest BCUT2D eigenvalue weighted by molar-refractivity contribution is -0.100. The highest BCUT2D eigenvalue weighted by Gasteiger charge is 2.38. The highest BCUT2D eigenvalue weighted by molar-refractivity contribution is 5.21. The van der Waals surface area contributed by atoms with Gasteiger partial charge in [-0.05, 0) is 12.8 Å². The van der Waals surface area contributed by atoms with Crippen molar-refractivity contribution in [3.63, 3.8) is 0 Å². The minimum absolute atomic E-state index is 0.309. The molecular formula is C15H24N4O2. The van der Waals surface area contributed by atoms with Gasteiger partial charge >= 0.3 is 0 Å². The lowest BCUT2D eigenvalue weighted by Gasteiger charge is -2.34. The molecule has 0 unspecified atom stereocenters. The number of hydrogen-bond donors (Lipinski definition) is 1. The SMILES string of the molecule is COC1(c2nc(N)nc(C3CCCCC3)n2)CCOCC1. The quantitative estimate of drug-likeness (QED) is 0.919. The molecule has 0 aromatic carbocycles. The molecular weight excluding hydrogens is 268 g/mol. The smallest absolute Gasteiger partial charge is 0.223 e. The average Bonchev–Trinajstić information content (AvgIpc) is 2.56. The summed E-state index contributed by atoms with van der Waals surface area (Å²) in [5.74, 6) is 2.25. The lowest BCUT2D eigenvalue weighted by atomic mass is 9.88. The molecule has 0 radical (unpaired) electrons. The van der Waals surface area contributed by atoms with Gasteiger partial charge in [0.05, 0.1) is 0 Å². The van der Waals surface area contributed by atoms with E-state index in [1.807, 2.05) is 0 Å². The van der Waals surface area contributed by atoms with Crippen molar-refractivity contribution in [3.05, 3.63) is 11.6 Å². The van der Waals surface area contributed by atoms with E-state index >= 15 is 0 Å². The van der Waals surface area contributed by atoms with Crippen LogP contribution in [0, 0.1) is 0 Å². The standard InChI is InChI=1S/C15H24N4O2/c1-20-15(7-9-21-10-8-15)13-17-12(18-14(16)19-13)11-5-3-2-4-6-11/h11H,2-10H2,1H3,(H2,16,17,18,19). The second-order valence-electron chi connectivity index (χ2n) is 6.02. The maximum atomic E-state index is 5.94. The Morgan fingerprint density at radius 1 is 1.10 bits per heavy atom. The molecule has 2 aliphatic rings. The summed E-state index contributed by atoms with van der Waals surface area (Å²) in [5, 5.41) is 0. The largest absolute Gasteiger partial charge is 0.381 e. The Morgan fingerprint density at radius 3 is 2.48 bits per heavy atom. The molecule has 2 heterocycles. The van der Waals surface area contributed by atoms with Crippen LogP contribution in [0.4, 0.5) is 5.95 Å². The Balaban J connectivity index is 1.92. The summed E-state index contributed by atoms with van der Waals surface area (Å²) in [4.78, 5) is 13.5. The van der Waals surface area contributed by atoms with Crippen molar-refractivity contribution in [2.75, 3.05) is 26.1 Å². The third-order valence-corrected chi connectivity index (χ3v) is 4.74. The zero-order valence-electron chi connectivity index (χ0n) is 12.7. The first kappa shape index (κ1) is 14.7. The van der Waals surface area contributed by atoms with Crippen molar-refractivity contribution in [1.82, 2.24) is 15.0 Å². The molecule has 1 aromatic rings. The molecule has 1 saturated carbocycles. The van der Waals surface area contributed by atoms with Gasteiger partial charge in [0.1, 0.15) is 11.4 Å². The first-order valence-corrected chi connectivity index (χ1v) is 7.88. The predicted molar refractivity (Wildman–Crippen MR) is 78.8 cm³/mol. The van der Waals surface area contributed by atoms with Crippen LogP contribution in [0.1, 0.15) is 62.5 Å². The number of nitrogens with two attached hydrogens (primary N) is 1. The van der Waals surface area contributed by atoms with Gasteiger partial charge in [-0.2, -0.15) is 9.97 Å². The molecule has 0 amide bonds. The first-order chi connectivity index (χ1) is 10.2. The molecule has 6 heteroatoms. The van der Waals surface area contributed by atoms with Gasteiger partial charge in [0.15, 0.2) is 5.82 Å². The minimum atomic E-state index is -0.473. The zero-order valence-corrected chi connectivity index (χ0v) is 12.7. The summed E-state index contributed by atoms with van der Waals surface area (Å²) in [7, 11) is 1.71. The van der Waals surface area contributed by atoms with Crippen LogP contribution in [-0.4, -0.2) is 35.3 Å². The van der Waals surface area contributed by atoms with Gasteiger partial charge < -0.3 is 15.2 Å². The van der Waals surface area contributed by atoms with Crippen LogP contribution < -0.4 is 5.73 Å². The molecule has 6 nitrogen and oxygen atoms in total. The molecule has 2 fully saturated rings. The zero-order chi connectivity index (χ0) is 14.7. The van der Waals surface area contributed by atoms with E-state index in [1.54, 1.807) is 7.11 Å². The number of methoxy groups -OCH3 is 1. The third-order valence-electron chi connectivity index (χ3n) is 4.74. The predicted octanol–water partition coefficient (Wildman–Crippen LogP) is 2.15. The van der Waals surface area contributed by atoms with Crippen LogP contribution in [-0.2, 0) is 15.1 Å². The second-order valence-corrected chi connectivity index (χ2v) is 6.02. The van der Waals surface area contributed by atoms with Crippen molar-refractivity contribution in [2.24, 2.45) is 0 Å². The van der Waals surface area contributed by atoms with E-state index in [4.69, 9.17) is 20.2 Å². The van der Waals surface area contributed by atoms with Crippen LogP contribution in [0.2, 0.25) is 0 Å². The van der Waals surface area contributed by atoms with E-state index in [9.17, 15) is 0 Å². The summed E-state index contributed by atoms with van der Waals surface area (Å²) < 4.78 is 11.2. The number of aromatic nitrogens is 3. The minimum Gasteiger partial charge on any atom is -0.381 e. The fourth-order valence-electron chi connectivity index (χ4n) is 3.38. The molecule has 0 spiro atoms. The Labute approximate surface area is 125 Å². The fourth-order valence-corrected chi connectivity index (χ4v) is 3.38. The van der Waals surface area contributed by atoms with Crippen molar-refractivity contribution >= 4 is 5.95 Å². The number of nitrogens with zero attached hydrogens (tertiary/aromatic N) is 3. The van der Waals surface area contributed by atoms with Crippen LogP contribution in [0.3, 0.4) is 0 Å². The Hall–Kier alpha value is -1.27.